The first kappa shape index (κ1) is 26.0. The lowest BCUT2D eigenvalue weighted by Gasteiger charge is -2.47. The number of hydrogen-bond donors (Lipinski definition) is 3. The fourth-order valence-electron chi connectivity index (χ4n) is 6.70. The molecule has 3 aliphatic carbocycles. The lowest BCUT2D eigenvalue weighted by Crippen LogP contribution is -2.51. The van der Waals surface area contributed by atoms with E-state index >= 15 is 0 Å². The largest absolute Gasteiger partial charge is 0.510 e. The van der Waals surface area contributed by atoms with Crippen LogP contribution in [0.1, 0.15) is 69.6 Å². The molecular weight excluding hydrogens is 480 g/mol. The Balaban J connectivity index is 1.59. The lowest BCUT2D eigenvalue weighted by atomic mass is 9.54. The van der Waals surface area contributed by atoms with E-state index in [0.29, 0.717) is 12.8 Å². The van der Waals surface area contributed by atoms with E-state index in [9.17, 15) is 29.7 Å². The van der Waals surface area contributed by atoms with Crippen molar-refractivity contribution >= 4 is 23.1 Å². The van der Waals surface area contributed by atoms with Crippen molar-refractivity contribution in [2.45, 2.75) is 65.7 Å². The maximum absolute atomic E-state index is 13.9. The molecule has 0 amide bonds. The summed E-state index contributed by atoms with van der Waals surface area (Å²) in [6.07, 6.45) is 5.32. The van der Waals surface area contributed by atoms with Crippen molar-refractivity contribution in [3.05, 3.63) is 70.0 Å². The number of carbonyl (C=O) groups is 3. The monoisotopic (exact) mass is 514 g/mol. The Labute approximate surface area is 222 Å². The average molecular weight is 515 g/mol. The number of phenolic OH excluding ortho intramolecular Hbond substituents is 1. The Morgan fingerprint density at radius 3 is 2.37 bits per heavy atom. The number of benzene rings is 2. The van der Waals surface area contributed by atoms with E-state index in [-0.39, 0.29) is 40.6 Å². The molecule has 3 atom stereocenters. The van der Waals surface area contributed by atoms with Gasteiger partial charge < -0.3 is 15.3 Å². The minimum Gasteiger partial charge on any atom is -0.510 e. The van der Waals surface area contributed by atoms with Crippen LogP contribution in [-0.2, 0) is 27.2 Å². The molecule has 1 saturated carbocycles. The summed E-state index contributed by atoms with van der Waals surface area (Å²) in [6, 6.07) is 11.7. The highest BCUT2D eigenvalue weighted by Crippen LogP contribution is 2.56. The van der Waals surface area contributed by atoms with Crippen molar-refractivity contribution in [1.29, 1.82) is 0 Å². The normalized spacial score (nSPS) is 24.7. The summed E-state index contributed by atoms with van der Waals surface area (Å²) >= 11 is 0. The summed E-state index contributed by atoms with van der Waals surface area (Å²) in [5.41, 5.74) is 2.45. The molecule has 3 aliphatic rings. The maximum Gasteiger partial charge on any atom is 0.176 e. The molecule has 0 heterocycles. The third-order valence-corrected chi connectivity index (χ3v) is 8.87. The van der Waals surface area contributed by atoms with Gasteiger partial charge in [-0.1, -0.05) is 50.1 Å². The molecule has 0 aliphatic heterocycles. The van der Waals surface area contributed by atoms with Crippen LogP contribution in [0.5, 0.6) is 5.75 Å². The van der Waals surface area contributed by atoms with Crippen LogP contribution in [0.15, 0.2) is 53.3 Å². The third-order valence-electron chi connectivity index (χ3n) is 8.87. The van der Waals surface area contributed by atoms with E-state index in [0.717, 1.165) is 29.5 Å². The molecule has 2 aromatic rings. The van der Waals surface area contributed by atoms with Gasteiger partial charge in [-0.2, -0.15) is 0 Å². The molecule has 38 heavy (non-hydrogen) atoms. The molecule has 0 radical (unpaired) electrons. The predicted octanol–water partition coefficient (Wildman–Crippen LogP) is 6.20. The Morgan fingerprint density at radius 2 is 1.71 bits per heavy atom. The highest BCUT2D eigenvalue weighted by molar-refractivity contribution is 6.22. The van der Waals surface area contributed by atoms with Crippen molar-refractivity contribution < 1.29 is 29.7 Å². The number of aliphatic hydroxyl groups is 2. The number of ketones is 3. The summed E-state index contributed by atoms with van der Waals surface area (Å²) in [4.78, 5) is 38.8. The van der Waals surface area contributed by atoms with Gasteiger partial charge in [-0.3, -0.25) is 14.4 Å². The smallest absolute Gasteiger partial charge is 0.176 e. The molecule has 5 rings (SSSR count). The average Bonchev–Trinajstić information content (AvgIpc) is 2.87. The Hall–Kier alpha value is -3.67. The number of phenols is 1. The van der Waals surface area contributed by atoms with E-state index < -0.39 is 34.4 Å². The number of allylic oxidation sites excluding steroid dienone is 3. The van der Waals surface area contributed by atoms with E-state index in [1.54, 1.807) is 6.92 Å². The van der Waals surface area contributed by atoms with Crippen molar-refractivity contribution in [3.63, 3.8) is 0 Å². The number of carbonyl (C=O) groups excluding carboxylic acids is 3. The number of aryl methyl sites for hydroxylation is 1. The number of aromatic hydroxyl groups is 1. The summed E-state index contributed by atoms with van der Waals surface area (Å²) in [5.74, 6) is -3.29. The van der Waals surface area contributed by atoms with Crippen LogP contribution in [0.3, 0.4) is 0 Å². The number of unbranched alkanes of at least 4 members (excludes halogenated alkanes) is 2. The zero-order valence-corrected chi connectivity index (χ0v) is 22.1. The van der Waals surface area contributed by atoms with E-state index in [1.807, 2.05) is 6.07 Å². The molecule has 0 saturated heterocycles. The van der Waals surface area contributed by atoms with Crippen molar-refractivity contribution in [2.75, 3.05) is 0 Å². The molecule has 198 valence electrons. The Bertz CT molecular complexity index is 1410. The zero-order chi connectivity index (χ0) is 27.4. The van der Waals surface area contributed by atoms with Gasteiger partial charge in [0.15, 0.2) is 17.3 Å². The second-order valence-electron chi connectivity index (χ2n) is 11.2. The minimum absolute atomic E-state index is 0.00893. The first-order chi connectivity index (χ1) is 18.1. The van der Waals surface area contributed by atoms with Gasteiger partial charge >= 0.3 is 0 Å². The summed E-state index contributed by atoms with van der Waals surface area (Å²) in [7, 11) is 0. The second-order valence-corrected chi connectivity index (χ2v) is 11.2. The molecule has 1 fully saturated rings. The fraction of sp³-hybridized carbons (Fsp3) is 0.406. The molecule has 0 bridgehead atoms. The predicted molar refractivity (Wildman–Crippen MR) is 145 cm³/mol. The van der Waals surface area contributed by atoms with Gasteiger partial charge in [0.1, 0.15) is 17.3 Å². The number of hydrogen-bond acceptors (Lipinski definition) is 6. The topological polar surface area (TPSA) is 112 Å². The first-order valence-corrected chi connectivity index (χ1v) is 13.5. The number of aliphatic hydroxyl groups excluding tert-OH is 2. The summed E-state index contributed by atoms with van der Waals surface area (Å²) in [5, 5.41) is 33.2. The number of Topliss-reactive ketones (excluding diaryl/α,β-unsaturated/α-hetero) is 3. The number of fused-ring (bicyclic) bond motifs is 3. The van der Waals surface area contributed by atoms with Crippen LogP contribution < -0.4 is 0 Å². The molecule has 3 N–H and O–H groups in total. The maximum atomic E-state index is 13.9. The Kier molecular flexibility index (Phi) is 6.54. The highest BCUT2D eigenvalue weighted by atomic mass is 16.3. The van der Waals surface area contributed by atoms with Crippen LogP contribution in [-0.4, -0.2) is 32.7 Å². The van der Waals surface area contributed by atoms with Crippen LogP contribution in [0.25, 0.3) is 16.9 Å². The van der Waals surface area contributed by atoms with Crippen molar-refractivity contribution in [2.24, 2.45) is 17.3 Å². The summed E-state index contributed by atoms with van der Waals surface area (Å²) < 4.78 is 0. The van der Waals surface area contributed by atoms with Gasteiger partial charge in [-0.25, -0.2) is 0 Å². The van der Waals surface area contributed by atoms with Gasteiger partial charge in [0, 0.05) is 12.0 Å². The van der Waals surface area contributed by atoms with Gasteiger partial charge in [0.05, 0.1) is 16.6 Å². The van der Waals surface area contributed by atoms with Crippen LogP contribution in [0, 0.1) is 17.3 Å². The number of rotatable bonds is 6. The minimum atomic E-state index is -1.48. The second kappa shape index (κ2) is 9.57. The van der Waals surface area contributed by atoms with Gasteiger partial charge in [-0.05, 0) is 79.7 Å². The van der Waals surface area contributed by atoms with Gasteiger partial charge in [0.2, 0.25) is 0 Å². The third kappa shape index (κ3) is 3.89. The molecule has 0 spiro atoms. The van der Waals surface area contributed by atoms with E-state index in [1.165, 1.54) is 31.4 Å². The quantitative estimate of drug-likeness (QED) is 0.312. The molecule has 0 aromatic heterocycles. The van der Waals surface area contributed by atoms with E-state index in [2.05, 4.69) is 31.2 Å². The standard InChI is InChI=1S/C32H34O6/c1-4-5-6-7-18-8-10-19(11-9-18)22-12-13-24(34)28-23(22)15-20-14-21-16-25(35)26(17(2)33)30(37)32(21,3)31(38)27(20)29(28)36/h8-13,20-21,34,36-37H,4-7,14-16H2,1-3H3/t20-,21+,32+/m0/s1. The lowest BCUT2D eigenvalue weighted by molar-refractivity contribution is -0.134. The molecule has 2 aromatic carbocycles. The SMILES string of the molecule is CCCCCc1ccc(-c2ccc(O)c3c2C[C@@H]2C[C@@H]4CC(=O)C(C(C)=O)=C(O)[C@]4(C)C(=O)C2=C3O)cc1. The molecule has 6 heteroatoms. The zero-order valence-electron chi connectivity index (χ0n) is 22.1. The van der Waals surface area contributed by atoms with Crippen LogP contribution in [0.4, 0.5) is 0 Å². The molecule has 6 nitrogen and oxygen atoms in total. The van der Waals surface area contributed by atoms with Gasteiger partial charge in [0.25, 0.3) is 0 Å². The van der Waals surface area contributed by atoms with Crippen LogP contribution >= 0.6 is 0 Å². The van der Waals surface area contributed by atoms with Crippen molar-refractivity contribution in [1.82, 2.24) is 0 Å². The van der Waals surface area contributed by atoms with E-state index in [4.69, 9.17) is 0 Å². The highest BCUT2D eigenvalue weighted by Gasteiger charge is 2.58. The Morgan fingerprint density at radius 1 is 1.00 bits per heavy atom. The van der Waals surface area contributed by atoms with Crippen LogP contribution in [0.2, 0.25) is 0 Å². The summed E-state index contributed by atoms with van der Waals surface area (Å²) in [6.45, 7) is 4.94. The van der Waals surface area contributed by atoms with Crippen molar-refractivity contribution in [3.8, 4) is 16.9 Å². The fourth-order valence-corrected chi connectivity index (χ4v) is 6.70. The molecular formula is C32H34O6. The molecule has 0 unspecified atom stereocenters. The van der Waals surface area contributed by atoms with Gasteiger partial charge in [-0.15, -0.1) is 0 Å². The first-order valence-electron chi connectivity index (χ1n) is 13.5.